The van der Waals surface area contributed by atoms with Crippen LogP contribution in [-0.4, -0.2) is 25.1 Å². The molecule has 1 fully saturated rings. The Morgan fingerprint density at radius 1 is 1.29 bits per heavy atom. The van der Waals surface area contributed by atoms with Gasteiger partial charge in [0.25, 0.3) is 0 Å². The minimum absolute atomic E-state index is 0.163. The van der Waals surface area contributed by atoms with Crippen molar-refractivity contribution in [3.05, 3.63) is 35.4 Å². The summed E-state index contributed by atoms with van der Waals surface area (Å²) in [5.41, 5.74) is 4.04. The summed E-state index contributed by atoms with van der Waals surface area (Å²) in [6, 6.07) is 6.01. The van der Waals surface area contributed by atoms with Crippen molar-refractivity contribution >= 4 is 27.2 Å². The van der Waals surface area contributed by atoms with Gasteiger partial charge in [0.15, 0.2) is 0 Å². The van der Waals surface area contributed by atoms with Crippen molar-refractivity contribution in [3.8, 4) is 0 Å². The number of nitrogens with one attached hydrogen (secondary N) is 1. The van der Waals surface area contributed by atoms with Crippen molar-refractivity contribution in [2.24, 2.45) is 5.73 Å². The van der Waals surface area contributed by atoms with Gasteiger partial charge in [-0.2, -0.15) is 17.9 Å². The predicted octanol–water partition coefficient (Wildman–Crippen LogP) is 1.84. The summed E-state index contributed by atoms with van der Waals surface area (Å²) in [7, 11) is -4.08. The SMILES string of the molecule is NC(=S)c1ccc(CS(=O)(=O)NC2(C(F)(F)F)CC2)cc1. The molecule has 3 N–H and O–H groups in total. The molecule has 1 aliphatic rings. The van der Waals surface area contributed by atoms with Gasteiger partial charge < -0.3 is 5.73 Å². The van der Waals surface area contributed by atoms with Gasteiger partial charge in [-0.15, -0.1) is 0 Å². The average Bonchev–Trinajstić information content (AvgIpc) is 3.08. The predicted molar refractivity (Wildman–Crippen MR) is 76.1 cm³/mol. The molecule has 4 nitrogen and oxygen atoms in total. The summed E-state index contributed by atoms with van der Waals surface area (Å²) in [5.74, 6) is -0.525. The second-order valence-electron chi connectivity index (χ2n) is 5.00. The Balaban J connectivity index is 2.10. The van der Waals surface area contributed by atoms with E-state index >= 15 is 0 Å². The Bertz CT molecular complexity index is 650. The fourth-order valence-electron chi connectivity index (χ4n) is 1.89. The normalized spacial score (nSPS) is 17.5. The Kier molecular flexibility index (Phi) is 4.02. The Morgan fingerprint density at radius 2 is 1.81 bits per heavy atom. The van der Waals surface area contributed by atoms with E-state index in [2.05, 4.69) is 0 Å². The van der Waals surface area contributed by atoms with Crippen LogP contribution in [0.15, 0.2) is 24.3 Å². The molecule has 1 aromatic rings. The van der Waals surface area contributed by atoms with E-state index < -0.39 is 27.5 Å². The lowest BCUT2D eigenvalue weighted by atomic mass is 10.1. The molecule has 2 rings (SSSR count). The van der Waals surface area contributed by atoms with E-state index in [1.807, 2.05) is 0 Å². The van der Waals surface area contributed by atoms with Gasteiger partial charge in [0, 0.05) is 5.56 Å². The number of hydrogen-bond donors (Lipinski definition) is 2. The van der Waals surface area contributed by atoms with E-state index in [4.69, 9.17) is 18.0 Å². The number of thiocarbonyl (C=S) groups is 1. The lowest BCUT2D eigenvalue weighted by Gasteiger charge is -2.20. The number of nitrogens with two attached hydrogens (primary N) is 1. The molecular formula is C12H13F3N2O2S2. The van der Waals surface area contributed by atoms with E-state index in [9.17, 15) is 21.6 Å². The maximum Gasteiger partial charge on any atom is 0.407 e. The van der Waals surface area contributed by atoms with Gasteiger partial charge in [-0.05, 0) is 18.4 Å². The van der Waals surface area contributed by atoms with Crippen LogP contribution in [0.25, 0.3) is 0 Å². The average molecular weight is 338 g/mol. The van der Waals surface area contributed by atoms with E-state index in [1.54, 1.807) is 4.72 Å². The highest BCUT2D eigenvalue weighted by Gasteiger charge is 2.65. The van der Waals surface area contributed by atoms with Crippen molar-refractivity contribution in [1.29, 1.82) is 0 Å². The minimum Gasteiger partial charge on any atom is -0.389 e. The Labute approximate surface area is 125 Å². The topological polar surface area (TPSA) is 72.2 Å². The Hall–Kier alpha value is -1.19. The number of alkyl halides is 3. The van der Waals surface area contributed by atoms with Crippen LogP contribution in [0.4, 0.5) is 13.2 Å². The number of hydrogen-bond acceptors (Lipinski definition) is 3. The molecule has 0 heterocycles. The second kappa shape index (κ2) is 5.22. The fourth-order valence-corrected chi connectivity index (χ4v) is 3.64. The van der Waals surface area contributed by atoms with E-state index in [0.717, 1.165) is 0 Å². The van der Waals surface area contributed by atoms with Crippen LogP contribution in [0.2, 0.25) is 0 Å². The highest BCUT2D eigenvalue weighted by molar-refractivity contribution is 7.88. The zero-order valence-corrected chi connectivity index (χ0v) is 12.4. The van der Waals surface area contributed by atoms with Crippen molar-refractivity contribution in [2.45, 2.75) is 30.3 Å². The molecule has 0 spiro atoms. The van der Waals surface area contributed by atoms with Gasteiger partial charge in [0.1, 0.15) is 10.5 Å². The summed E-state index contributed by atoms with van der Waals surface area (Å²) in [6.07, 6.45) is -5.03. The third-order valence-electron chi connectivity index (χ3n) is 3.24. The Morgan fingerprint density at radius 3 is 2.19 bits per heavy atom. The van der Waals surface area contributed by atoms with Crippen molar-refractivity contribution in [1.82, 2.24) is 4.72 Å². The first-order chi connectivity index (χ1) is 9.55. The first-order valence-corrected chi connectivity index (χ1v) is 8.08. The molecule has 1 saturated carbocycles. The van der Waals surface area contributed by atoms with Crippen molar-refractivity contribution < 1.29 is 21.6 Å². The number of rotatable bonds is 5. The zero-order valence-electron chi connectivity index (χ0n) is 10.8. The smallest absolute Gasteiger partial charge is 0.389 e. The van der Waals surface area contributed by atoms with E-state index in [1.165, 1.54) is 24.3 Å². The fraction of sp³-hybridized carbons (Fsp3) is 0.417. The maximum absolute atomic E-state index is 12.8. The summed E-state index contributed by atoms with van der Waals surface area (Å²) in [6.45, 7) is 0. The highest BCUT2D eigenvalue weighted by atomic mass is 32.2. The van der Waals surface area contributed by atoms with Crippen LogP contribution >= 0.6 is 12.2 Å². The highest BCUT2D eigenvalue weighted by Crippen LogP contribution is 2.49. The molecule has 0 atom stereocenters. The summed E-state index contributed by atoms with van der Waals surface area (Å²) >= 11 is 4.76. The summed E-state index contributed by atoms with van der Waals surface area (Å²) in [5, 5.41) is 0. The van der Waals surface area contributed by atoms with Crippen LogP contribution < -0.4 is 10.5 Å². The minimum atomic E-state index is -4.57. The maximum atomic E-state index is 12.8. The molecule has 0 radical (unpaired) electrons. The molecule has 0 amide bonds. The molecule has 0 aromatic heterocycles. The molecule has 21 heavy (non-hydrogen) atoms. The molecule has 1 aliphatic carbocycles. The van der Waals surface area contributed by atoms with Gasteiger partial charge >= 0.3 is 6.18 Å². The molecule has 0 aliphatic heterocycles. The van der Waals surface area contributed by atoms with E-state index in [0.29, 0.717) is 11.1 Å². The third kappa shape index (κ3) is 3.72. The standard InChI is InChI=1S/C12H13F3N2O2S2/c13-12(14,15)11(5-6-11)17-21(18,19)7-8-1-3-9(4-2-8)10(16)20/h1-4,17H,5-7H2,(H2,16,20). The molecule has 0 bridgehead atoms. The van der Waals surface area contributed by atoms with Crippen molar-refractivity contribution in [3.63, 3.8) is 0 Å². The third-order valence-corrected chi connectivity index (χ3v) is 4.89. The molecule has 0 saturated heterocycles. The van der Waals surface area contributed by atoms with Gasteiger partial charge in [0.05, 0.1) is 5.75 Å². The van der Waals surface area contributed by atoms with Crippen LogP contribution in [0, 0.1) is 0 Å². The molecule has 9 heteroatoms. The molecule has 1 aromatic carbocycles. The van der Waals surface area contributed by atoms with Crippen LogP contribution in [0.1, 0.15) is 24.0 Å². The number of halogens is 3. The molecule has 116 valence electrons. The van der Waals surface area contributed by atoms with Crippen LogP contribution in [0.5, 0.6) is 0 Å². The molecule has 0 unspecified atom stereocenters. The lowest BCUT2D eigenvalue weighted by molar-refractivity contribution is -0.160. The first kappa shape index (κ1) is 16.2. The summed E-state index contributed by atoms with van der Waals surface area (Å²) in [4.78, 5) is 0.163. The zero-order chi connectivity index (χ0) is 15.9. The van der Waals surface area contributed by atoms with Gasteiger partial charge in [-0.1, -0.05) is 36.5 Å². The first-order valence-electron chi connectivity index (χ1n) is 6.02. The van der Waals surface area contributed by atoms with Gasteiger partial charge in [0.2, 0.25) is 10.0 Å². The monoisotopic (exact) mass is 338 g/mol. The second-order valence-corrected chi connectivity index (χ2v) is 7.16. The van der Waals surface area contributed by atoms with Crippen LogP contribution in [-0.2, 0) is 15.8 Å². The summed E-state index contributed by atoms with van der Waals surface area (Å²) < 4.78 is 63.7. The number of benzene rings is 1. The van der Waals surface area contributed by atoms with Gasteiger partial charge in [-0.3, -0.25) is 0 Å². The largest absolute Gasteiger partial charge is 0.407 e. The molecular weight excluding hydrogens is 325 g/mol. The number of sulfonamides is 1. The van der Waals surface area contributed by atoms with Crippen LogP contribution in [0.3, 0.4) is 0 Å². The van der Waals surface area contributed by atoms with Gasteiger partial charge in [-0.25, -0.2) is 8.42 Å². The van der Waals surface area contributed by atoms with E-state index in [-0.39, 0.29) is 17.8 Å². The lowest BCUT2D eigenvalue weighted by Crippen LogP contribution is -2.48. The van der Waals surface area contributed by atoms with Crippen molar-refractivity contribution in [2.75, 3.05) is 0 Å². The quantitative estimate of drug-likeness (QED) is 0.804.